The number of hydrogen-bond donors (Lipinski definition) is 1. The number of halogens is 2. The number of rotatable bonds is 8. The number of sulfonamides is 1. The molecule has 1 aliphatic heterocycles. The number of methoxy groups -OCH3 is 1. The van der Waals surface area contributed by atoms with E-state index in [-0.39, 0.29) is 21.8 Å². The van der Waals surface area contributed by atoms with Gasteiger partial charge in [0, 0.05) is 31.6 Å². The molecule has 0 bridgehead atoms. The minimum atomic E-state index is -3.69. The van der Waals surface area contributed by atoms with Crippen LogP contribution in [0.4, 0.5) is 5.82 Å². The average molecular weight is 567 g/mol. The summed E-state index contributed by atoms with van der Waals surface area (Å²) >= 11 is 12.0. The summed E-state index contributed by atoms with van der Waals surface area (Å²) in [4.78, 5) is 24.0. The fourth-order valence-electron chi connectivity index (χ4n) is 4.19. The third-order valence-electron chi connectivity index (χ3n) is 6.29. The number of ether oxygens (including phenoxy) is 1. The van der Waals surface area contributed by atoms with Gasteiger partial charge in [-0.15, -0.1) is 0 Å². The Hall–Kier alpha value is -2.50. The Balaban J connectivity index is 1.50. The zero-order chi connectivity index (χ0) is 26.7. The molecule has 1 fully saturated rings. The lowest BCUT2D eigenvalue weighted by atomic mass is 10.0. The Labute approximate surface area is 226 Å². The van der Waals surface area contributed by atoms with E-state index in [0.717, 1.165) is 10.9 Å². The van der Waals surface area contributed by atoms with Crippen LogP contribution in [0.1, 0.15) is 19.7 Å². The number of para-hydroxylation sites is 1. The maximum Gasteiger partial charge on any atom is 0.328 e. The number of nitrogens with one attached hydrogen (secondary N) is 1. The number of esters is 1. The van der Waals surface area contributed by atoms with Crippen LogP contribution in [-0.4, -0.2) is 72.9 Å². The number of aromatic nitrogens is 2. The fourth-order valence-corrected chi connectivity index (χ4v) is 6.00. The number of hydrogen-bond acceptors (Lipinski definition) is 8. The first kappa shape index (κ1) is 27.5. The second-order valence-electron chi connectivity index (χ2n) is 9.15. The SMILES string of the molecule is COC(=O)[C@@H](Nc1nc(CN2CCN(S(=O)(=O)c3ccc(Cl)c(Cl)c3)CC2)nc2ccccc12)C(C)C. The summed E-state index contributed by atoms with van der Waals surface area (Å²) in [6, 6.07) is 11.4. The van der Waals surface area contributed by atoms with Gasteiger partial charge in [0.1, 0.15) is 17.7 Å². The van der Waals surface area contributed by atoms with Gasteiger partial charge in [0.25, 0.3) is 0 Å². The van der Waals surface area contributed by atoms with Crippen molar-refractivity contribution in [3.05, 3.63) is 58.3 Å². The molecule has 1 aliphatic rings. The molecule has 4 rings (SSSR count). The van der Waals surface area contributed by atoms with Crippen molar-refractivity contribution in [2.45, 2.75) is 31.3 Å². The maximum atomic E-state index is 13.1. The van der Waals surface area contributed by atoms with Crippen molar-refractivity contribution in [1.29, 1.82) is 0 Å². The van der Waals surface area contributed by atoms with E-state index in [9.17, 15) is 13.2 Å². The smallest absolute Gasteiger partial charge is 0.328 e. The van der Waals surface area contributed by atoms with E-state index in [0.29, 0.717) is 49.4 Å². The highest BCUT2D eigenvalue weighted by atomic mass is 35.5. The van der Waals surface area contributed by atoms with E-state index < -0.39 is 16.1 Å². The van der Waals surface area contributed by atoms with Crippen LogP contribution in [0.15, 0.2) is 47.4 Å². The molecule has 0 radical (unpaired) electrons. The second kappa shape index (κ2) is 11.5. The Morgan fingerprint density at radius 3 is 2.41 bits per heavy atom. The van der Waals surface area contributed by atoms with Crippen molar-refractivity contribution in [3.8, 4) is 0 Å². The molecule has 9 nitrogen and oxygen atoms in total. The number of anilines is 1. The Morgan fingerprint density at radius 2 is 1.76 bits per heavy atom. The third kappa shape index (κ3) is 6.15. The molecular formula is C25H29Cl2N5O4S. The van der Waals surface area contributed by atoms with Crippen molar-refractivity contribution < 1.29 is 17.9 Å². The molecule has 3 aromatic rings. The Morgan fingerprint density at radius 1 is 1.05 bits per heavy atom. The Bertz CT molecular complexity index is 1400. The largest absolute Gasteiger partial charge is 0.467 e. The molecule has 37 heavy (non-hydrogen) atoms. The van der Waals surface area contributed by atoms with E-state index in [4.69, 9.17) is 37.9 Å². The molecule has 0 aliphatic carbocycles. The molecule has 1 N–H and O–H groups in total. The van der Waals surface area contributed by atoms with Gasteiger partial charge in [-0.05, 0) is 36.2 Å². The van der Waals surface area contributed by atoms with Gasteiger partial charge in [0.2, 0.25) is 10.0 Å². The second-order valence-corrected chi connectivity index (χ2v) is 11.9. The molecule has 0 unspecified atom stereocenters. The fraction of sp³-hybridized carbons (Fsp3) is 0.400. The van der Waals surface area contributed by atoms with Gasteiger partial charge >= 0.3 is 5.97 Å². The lowest BCUT2D eigenvalue weighted by Crippen LogP contribution is -2.48. The summed E-state index contributed by atoms with van der Waals surface area (Å²) in [7, 11) is -2.32. The molecule has 2 heterocycles. The van der Waals surface area contributed by atoms with E-state index in [2.05, 4.69) is 10.2 Å². The highest BCUT2D eigenvalue weighted by Crippen LogP contribution is 2.27. The van der Waals surface area contributed by atoms with Crippen LogP contribution in [-0.2, 0) is 26.1 Å². The van der Waals surface area contributed by atoms with Crippen molar-refractivity contribution in [1.82, 2.24) is 19.2 Å². The summed E-state index contributed by atoms with van der Waals surface area (Å²) in [5.74, 6) is 0.758. The summed E-state index contributed by atoms with van der Waals surface area (Å²) in [5.41, 5.74) is 0.753. The average Bonchev–Trinajstić information content (AvgIpc) is 2.88. The van der Waals surface area contributed by atoms with Gasteiger partial charge in [-0.2, -0.15) is 4.31 Å². The normalized spacial score (nSPS) is 16.2. The van der Waals surface area contributed by atoms with E-state index >= 15 is 0 Å². The zero-order valence-corrected chi connectivity index (χ0v) is 23.1. The number of piperazine rings is 1. The molecule has 0 saturated carbocycles. The van der Waals surface area contributed by atoms with Crippen LogP contribution in [0.25, 0.3) is 10.9 Å². The first-order valence-corrected chi connectivity index (χ1v) is 14.1. The van der Waals surface area contributed by atoms with Gasteiger partial charge in [0.15, 0.2) is 0 Å². The predicted octanol–water partition coefficient (Wildman–Crippen LogP) is 4.05. The van der Waals surface area contributed by atoms with E-state index in [1.165, 1.54) is 29.6 Å². The molecule has 1 aromatic heterocycles. The molecule has 0 spiro atoms. The molecule has 12 heteroatoms. The van der Waals surface area contributed by atoms with Crippen LogP contribution < -0.4 is 5.32 Å². The maximum absolute atomic E-state index is 13.1. The summed E-state index contributed by atoms with van der Waals surface area (Å²) < 4.78 is 32.6. The van der Waals surface area contributed by atoms with Crippen LogP contribution in [0, 0.1) is 5.92 Å². The van der Waals surface area contributed by atoms with Gasteiger partial charge in [-0.3, -0.25) is 4.90 Å². The molecule has 1 saturated heterocycles. The van der Waals surface area contributed by atoms with E-state index in [1.54, 1.807) is 0 Å². The standard InChI is InChI=1S/C25H29Cl2N5O4S/c1-16(2)23(25(33)36-3)30-24-18-6-4-5-7-21(18)28-22(29-24)15-31-10-12-32(13-11-31)37(34,35)17-8-9-19(26)20(27)14-17/h4-9,14,16,23H,10-13,15H2,1-3H3,(H,28,29,30)/t23-/m0/s1. The lowest BCUT2D eigenvalue weighted by Gasteiger charge is -2.33. The monoisotopic (exact) mass is 565 g/mol. The van der Waals surface area contributed by atoms with Crippen LogP contribution in [0.3, 0.4) is 0 Å². The van der Waals surface area contributed by atoms with Crippen molar-refractivity contribution >= 4 is 55.9 Å². The van der Waals surface area contributed by atoms with Crippen molar-refractivity contribution in [2.24, 2.45) is 5.92 Å². The highest BCUT2D eigenvalue weighted by molar-refractivity contribution is 7.89. The topological polar surface area (TPSA) is 105 Å². The Kier molecular flexibility index (Phi) is 8.55. The lowest BCUT2D eigenvalue weighted by molar-refractivity contribution is -0.142. The van der Waals surface area contributed by atoms with E-state index in [1.807, 2.05) is 38.1 Å². The van der Waals surface area contributed by atoms with Gasteiger partial charge < -0.3 is 10.1 Å². The van der Waals surface area contributed by atoms with Gasteiger partial charge in [0.05, 0.1) is 34.1 Å². The minimum Gasteiger partial charge on any atom is -0.467 e. The first-order chi connectivity index (χ1) is 17.6. The molecular weight excluding hydrogens is 537 g/mol. The number of carbonyl (C=O) groups excluding carboxylic acids is 1. The zero-order valence-electron chi connectivity index (χ0n) is 20.8. The summed E-state index contributed by atoms with van der Waals surface area (Å²) in [5, 5.41) is 4.56. The third-order valence-corrected chi connectivity index (χ3v) is 8.92. The molecule has 0 amide bonds. The molecule has 198 valence electrons. The van der Waals surface area contributed by atoms with Gasteiger partial charge in [-0.1, -0.05) is 49.2 Å². The van der Waals surface area contributed by atoms with Gasteiger partial charge in [-0.25, -0.2) is 23.2 Å². The predicted molar refractivity (Wildman–Crippen MR) is 144 cm³/mol. The minimum absolute atomic E-state index is 0.0184. The highest BCUT2D eigenvalue weighted by Gasteiger charge is 2.30. The number of nitrogens with zero attached hydrogens (tertiary/aromatic N) is 4. The van der Waals surface area contributed by atoms with Crippen LogP contribution >= 0.6 is 23.2 Å². The quantitative estimate of drug-likeness (QED) is 0.408. The van der Waals surface area contributed by atoms with Crippen molar-refractivity contribution in [2.75, 3.05) is 38.6 Å². The summed E-state index contributed by atoms with van der Waals surface area (Å²) in [6.45, 7) is 5.96. The summed E-state index contributed by atoms with van der Waals surface area (Å²) in [6.07, 6.45) is 0. The number of benzene rings is 2. The van der Waals surface area contributed by atoms with Crippen LogP contribution in [0.2, 0.25) is 10.0 Å². The molecule has 1 atom stereocenters. The first-order valence-electron chi connectivity index (χ1n) is 11.9. The van der Waals surface area contributed by atoms with Crippen molar-refractivity contribution in [3.63, 3.8) is 0 Å². The van der Waals surface area contributed by atoms with Crippen LogP contribution in [0.5, 0.6) is 0 Å². The number of carbonyl (C=O) groups is 1. The molecule has 2 aromatic carbocycles. The number of fused-ring (bicyclic) bond motifs is 1.